The molecule has 4 N–H and O–H groups in total. The molecule has 30 heavy (non-hydrogen) atoms. The number of nitrogens with two attached hydrogens (primary N) is 1. The number of nitrogens with one attached hydrogen (secondary N) is 2. The van der Waals surface area contributed by atoms with Gasteiger partial charge in [-0.15, -0.1) is 0 Å². The molecule has 7 nitrogen and oxygen atoms in total. The van der Waals surface area contributed by atoms with Crippen molar-refractivity contribution in [1.29, 1.82) is 0 Å². The zero-order valence-electron chi connectivity index (χ0n) is 16.1. The molecule has 0 atom stereocenters. The molecule has 0 aliphatic heterocycles. The van der Waals surface area contributed by atoms with E-state index >= 15 is 0 Å². The highest BCUT2D eigenvalue weighted by Gasteiger charge is 2.18. The predicted molar refractivity (Wildman–Crippen MR) is 120 cm³/mol. The van der Waals surface area contributed by atoms with Gasteiger partial charge < -0.3 is 11.1 Å². The van der Waals surface area contributed by atoms with Crippen LogP contribution in [0.1, 0.15) is 5.69 Å². The lowest BCUT2D eigenvalue weighted by atomic mass is 10.1. The molecule has 4 aromatic rings. The number of aromatic nitrogens is 2. The van der Waals surface area contributed by atoms with Crippen LogP contribution >= 0.6 is 0 Å². The molecule has 0 aliphatic carbocycles. The van der Waals surface area contributed by atoms with Crippen LogP contribution in [0.25, 0.3) is 10.9 Å². The summed E-state index contributed by atoms with van der Waals surface area (Å²) in [6, 6.07) is 19.4. The largest absolute Gasteiger partial charge is 0.397 e. The molecule has 8 heteroatoms. The first-order valence-electron chi connectivity index (χ1n) is 9.43. The van der Waals surface area contributed by atoms with Crippen LogP contribution in [0.15, 0.2) is 84.0 Å². The van der Waals surface area contributed by atoms with E-state index in [2.05, 4.69) is 20.0 Å². The number of rotatable bonds is 7. The molecule has 0 unspecified atom stereocenters. The molecule has 4 rings (SSSR count). The van der Waals surface area contributed by atoms with E-state index in [1.165, 1.54) is 6.20 Å². The fraction of sp³-hybridized carbons (Fsp3) is 0.0909. The van der Waals surface area contributed by atoms with E-state index in [-0.39, 0.29) is 4.90 Å². The Morgan fingerprint density at radius 1 is 0.900 bits per heavy atom. The van der Waals surface area contributed by atoms with Crippen molar-refractivity contribution >= 4 is 38.0 Å². The number of pyridine rings is 2. The third-order valence-corrected chi connectivity index (χ3v) is 6.02. The lowest BCUT2D eigenvalue weighted by Gasteiger charge is -2.17. The van der Waals surface area contributed by atoms with Gasteiger partial charge in [-0.1, -0.05) is 36.4 Å². The minimum Gasteiger partial charge on any atom is -0.397 e. The number of hydrogen-bond acceptors (Lipinski definition) is 6. The lowest BCUT2D eigenvalue weighted by molar-refractivity contribution is 0.601. The smallest absolute Gasteiger partial charge is 0.262 e. The van der Waals surface area contributed by atoms with Crippen molar-refractivity contribution in [1.82, 2.24) is 9.97 Å². The van der Waals surface area contributed by atoms with Crippen LogP contribution in [-0.4, -0.2) is 24.9 Å². The van der Waals surface area contributed by atoms with Crippen molar-refractivity contribution in [3.05, 3.63) is 84.8 Å². The topological polar surface area (TPSA) is 110 Å². The summed E-state index contributed by atoms with van der Waals surface area (Å²) in [6.45, 7) is 0.561. The summed E-state index contributed by atoms with van der Waals surface area (Å²) in [4.78, 5) is 8.88. The van der Waals surface area contributed by atoms with E-state index in [0.29, 0.717) is 35.5 Å². The molecule has 0 fully saturated rings. The van der Waals surface area contributed by atoms with Crippen LogP contribution in [0.3, 0.4) is 0 Å². The van der Waals surface area contributed by atoms with E-state index < -0.39 is 10.0 Å². The van der Waals surface area contributed by atoms with Crippen LogP contribution in [0.5, 0.6) is 0 Å². The quantitative estimate of drug-likeness (QED) is 0.394. The van der Waals surface area contributed by atoms with Gasteiger partial charge in [0, 0.05) is 30.2 Å². The number of benzene rings is 2. The zero-order chi connectivity index (χ0) is 21.0. The van der Waals surface area contributed by atoms with Gasteiger partial charge >= 0.3 is 0 Å². The first-order valence-corrected chi connectivity index (χ1v) is 10.9. The van der Waals surface area contributed by atoms with Gasteiger partial charge in [0.2, 0.25) is 0 Å². The van der Waals surface area contributed by atoms with Gasteiger partial charge in [-0.3, -0.25) is 14.7 Å². The molecule has 0 saturated heterocycles. The molecule has 0 spiro atoms. The van der Waals surface area contributed by atoms with E-state index in [0.717, 1.165) is 11.1 Å². The molecule has 0 amide bonds. The third-order valence-electron chi connectivity index (χ3n) is 4.64. The molecule has 2 heterocycles. The standard InChI is InChI=1S/C22H21N5O2S/c23-19-11-6-10-18-21(19)26-15-20(27-30(28,29)17-8-2-1-3-9-17)22(18)25-14-12-16-7-4-5-13-24-16/h1-11,13,15,27H,12,14,23H2,(H,25,26). The minimum atomic E-state index is -3.77. The fourth-order valence-corrected chi connectivity index (χ4v) is 4.26. The average Bonchev–Trinajstić information content (AvgIpc) is 2.76. The zero-order valence-corrected chi connectivity index (χ0v) is 16.9. The molecular weight excluding hydrogens is 398 g/mol. The average molecular weight is 420 g/mol. The van der Waals surface area contributed by atoms with E-state index in [1.54, 1.807) is 42.6 Å². The summed E-state index contributed by atoms with van der Waals surface area (Å²) in [5.41, 5.74) is 9.14. The van der Waals surface area contributed by atoms with Crippen molar-refractivity contribution in [3.63, 3.8) is 0 Å². The van der Waals surface area contributed by atoms with Crippen LogP contribution in [-0.2, 0) is 16.4 Å². The Morgan fingerprint density at radius 3 is 2.47 bits per heavy atom. The summed E-state index contributed by atoms with van der Waals surface area (Å²) in [6.07, 6.45) is 3.91. The van der Waals surface area contributed by atoms with E-state index in [9.17, 15) is 8.42 Å². The summed E-state index contributed by atoms with van der Waals surface area (Å²) < 4.78 is 28.4. The van der Waals surface area contributed by atoms with E-state index in [4.69, 9.17) is 5.73 Å². The number of nitrogens with zero attached hydrogens (tertiary/aromatic N) is 2. The van der Waals surface area contributed by atoms with Gasteiger partial charge in [0.25, 0.3) is 10.0 Å². The summed E-state index contributed by atoms with van der Waals surface area (Å²) in [5.74, 6) is 0. The Hall–Kier alpha value is -3.65. The second kappa shape index (κ2) is 8.38. The summed E-state index contributed by atoms with van der Waals surface area (Å²) in [7, 11) is -3.77. The molecule has 0 saturated carbocycles. The monoisotopic (exact) mass is 419 g/mol. The van der Waals surface area contributed by atoms with Crippen molar-refractivity contribution < 1.29 is 8.42 Å². The predicted octanol–water partition coefficient (Wildman–Crippen LogP) is 3.67. The molecule has 0 bridgehead atoms. The van der Waals surface area contributed by atoms with Crippen molar-refractivity contribution in [2.45, 2.75) is 11.3 Å². The Morgan fingerprint density at radius 2 is 1.70 bits per heavy atom. The Labute approximate surface area is 175 Å². The second-order valence-corrected chi connectivity index (χ2v) is 8.39. The number of fused-ring (bicyclic) bond motifs is 1. The number of sulfonamides is 1. The van der Waals surface area contributed by atoms with Crippen molar-refractivity contribution in [2.24, 2.45) is 0 Å². The molecular formula is C22H21N5O2S. The van der Waals surface area contributed by atoms with Gasteiger partial charge in [0.05, 0.1) is 33.7 Å². The van der Waals surface area contributed by atoms with Crippen LogP contribution < -0.4 is 15.8 Å². The number of anilines is 3. The highest BCUT2D eigenvalue weighted by Crippen LogP contribution is 2.33. The third kappa shape index (κ3) is 4.18. The first kappa shape index (κ1) is 19.7. The van der Waals surface area contributed by atoms with Gasteiger partial charge in [-0.2, -0.15) is 0 Å². The summed E-state index contributed by atoms with van der Waals surface area (Å²) >= 11 is 0. The van der Waals surface area contributed by atoms with E-state index in [1.807, 2.05) is 30.3 Å². The number of para-hydroxylation sites is 1. The highest BCUT2D eigenvalue weighted by molar-refractivity contribution is 7.92. The summed E-state index contributed by atoms with van der Waals surface area (Å²) in [5, 5.41) is 4.08. The van der Waals surface area contributed by atoms with Crippen LogP contribution in [0, 0.1) is 0 Å². The normalized spacial score (nSPS) is 11.3. The van der Waals surface area contributed by atoms with Gasteiger partial charge in [-0.05, 0) is 30.3 Å². The highest BCUT2D eigenvalue weighted by atomic mass is 32.2. The Bertz CT molecular complexity index is 1260. The molecule has 0 radical (unpaired) electrons. The second-order valence-electron chi connectivity index (χ2n) is 6.71. The van der Waals surface area contributed by atoms with Gasteiger partial charge in [0.1, 0.15) is 0 Å². The maximum Gasteiger partial charge on any atom is 0.262 e. The molecule has 0 aliphatic rings. The van der Waals surface area contributed by atoms with Crippen molar-refractivity contribution in [2.75, 3.05) is 22.3 Å². The molecule has 2 aromatic heterocycles. The first-order chi connectivity index (χ1) is 14.5. The Kier molecular flexibility index (Phi) is 5.49. The molecule has 152 valence electrons. The lowest BCUT2D eigenvalue weighted by Crippen LogP contribution is -2.16. The van der Waals surface area contributed by atoms with Gasteiger partial charge in [0.15, 0.2) is 0 Å². The fourth-order valence-electron chi connectivity index (χ4n) is 3.18. The number of hydrogen-bond donors (Lipinski definition) is 3. The maximum atomic E-state index is 12.9. The van der Waals surface area contributed by atoms with Gasteiger partial charge in [-0.25, -0.2) is 8.42 Å². The minimum absolute atomic E-state index is 0.178. The SMILES string of the molecule is Nc1cccc2c(NCCc3ccccn3)c(NS(=O)(=O)c3ccccc3)cnc12. The van der Waals surface area contributed by atoms with Crippen LogP contribution in [0.4, 0.5) is 17.1 Å². The van der Waals surface area contributed by atoms with Crippen LogP contribution in [0.2, 0.25) is 0 Å². The Balaban J connectivity index is 1.69. The van der Waals surface area contributed by atoms with Crippen molar-refractivity contribution in [3.8, 4) is 0 Å². The number of nitrogen functional groups attached to an aromatic ring is 1. The maximum absolute atomic E-state index is 12.9. The molecule has 2 aromatic carbocycles.